The maximum Gasteiger partial charge on any atom is 0.324 e. The molecule has 0 saturated heterocycles. The van der Waals surface area contributed by atoms with E-state index >= 15 is 0 Å². The molecule has 0 atom stereocenters. The molecule has 0 unspecified atom stereocenters. The van der Waals surface area contributed by atoms with E-state index in [-0.39, 0.29) is 23.3 Å². The molecule has 1 aliphatic heterocycles. The molecule has 0 spiro atoms. The summed E-state index contributed by atoms with van der Waals surface area (Å²) in [7, 11) is 0. The summed E-state index contributed by atoms with van der Waals surface area (Å²) >= 11 is 0.451. The van der Waals surface area contributed by atoms with E-state index in [4.69, 9.17) is 12.7 Å². The van der Waals surface area contributed by atoms with E-state index in [1.54, 1.807) is 36.4 Å². The zero-order valence-corrected chi connectivity index (χ0v) is 44.1. The van der Waals surface area contributed by atoms with E-state index in [0.717, 1.165) is 59.7 Å². The Balaban J connectivity index is 0.789. The van der Waals surface area contributed by atoms with Crippen molar-refractivity contribution in [2.24, 2.45) is 5.41 Å². The number of aryl methyl sites for hydroxylation is 2. The van der Waals surface area contributed by atoms with Gasteiger partial charge in [0.2, 0.25) is 0 Å². The summed E-state index contributed by atoms with van der Waals surface area (Å²) in [5.41, 5.74) is 8.86. The molecule has 0 radical (unpaired) electrons. The van der Waals surface area contributed by atoms with E-state index in [2.05, 4.69) is 82.1 Å². The predicted molar refractivity (Wildman–Crippen MR) is 294 cm³/mol. The second-order valence-electron chi connectivity index (χ2n) is 19.7. The highest BCUT2D eigenvalue weighted by Gasteiger charge is 2.30. The summed E-state index contributed by atoms with van der Waals surface area (Å²) in [6.07, 6.45) is 9.94. The average Bonchev–Trinajstić information content (AvgIpc) is 4.21. The van der Waals surface area contributed by atoms with Gasteiger partial charge in [-0.3, -0.25) is 19.6 Å². The molecule has 0 bridgehead atoms. The van der Waals surface area contributed by atoms with Crippen LogP contribution in [0.25, 0.3) is 27.0 Å². The van der Waals surface area contributed by atoms with Crippen molar-refractivity contribution in [3.63, 3.8) is 0 Å². The number of rotatable bonds is 14. The van der Waals surface area contributed by atoms with Crippen LogP contribution in [0, 0.1) is 12.3 Å². The minimum absolute atomic E-state index is 0.169. The van der Waals surface area contributed by atoms with Gasteiger partial charge < -0.3 is 34.2 Å². The molecule has 17 heteroatoms. The molecule has 6 aromatic rings. The van der Waals surface area contributed by atoms with Gasteiger partial charge in [0.05, 0.1) is 4.88 Å². The Morgan fingerprint density at radius 3 is 2.10 bits per heavy atom. The molecule has 0 saturated carbocycles. The molecular weight excluding hydrogens is 1040 g/mol. The zero-order chi connectivity index (χ0) is 50.7. The fourth-order valence-corrected chi connectivity index (χ4v) is 11.2. The maximum absolute atomic E-state index is 13.8. The standard InChI is InChI=1S/C55H56IN9O6S/c1-32-13-15-34(16-14-32)36-27-33(2)41(28-36)49(66)57-37-17-21-39(22-18-37)59-52(68)61-46-30-45(70-56-46)55(6,7)25-26-65-51-42(48(63-65)35-11-9-8-10-12-35)29-43(72-51)50(67)58-38-19-23-40(24-20-38)60-53(69)62-47-31-44(71-64-47)54(3,4)5/h8-19,21-23,28-31H,20,24-27H2,1-7H3,(H,57,66)(H,58,67)(H2,59,61,68)(H2,60,62,64,69). The van der Waals surface area contributed by atoms with E-state index in [1.165, 1.54) is 16.9 Å². The number of anilines is 3. The first-order valence-corrected chi connectivity index (χ1v) is 26.4. The van der Waals surface area contributed by atoms with Crippen molar-refractivity contribution in [2.45, 2.75) is 86.1 Å². The number of carbonyl (C=O) groups excluding carboxylic acids is 4. The molecule has 2 aliphatic carbocycles. The topological polar surface area (TPSA) is 194 Å². The molecule has 3 aromatic carbocycles. The molecule has 3 aliphatic rings. The van der Waals surface area contributed by atoms with E-state index in [0.29, 0.717) is 64.9 Å². The molecule has 3 aromatic heterocycles. The van der Waals surface area contributed by atoms with Crippen LogP contribution in [0.1, 0.15) is 93.8 Å². The quantitative estimate of drug-likeness (QED) is 0.0580. The fraction of sp³-hybridized carbons (Fsp3) is 0.255. The Morgan fingerprint density at radius 1 is 0.736 bits per heavy atom. The summed E-state index contributed by atoms with van der Waals surface area (Å²) in [5, 5.41) is 27.4. The lowest BCUT2D eigenvalue weighted by atomic mass is 9.86. The third-order valence-electron chi connectivity index (χ3n) is 12.5. The smallest absolute Gasteiger partial charge is 0.324 e. The Kier molecular flexibility index (Phi) is 14.3. The number of urea groups is 2. The first-order valence-electron chi connectivity index (χ1n) is 23.6. The number of fused-ring (bicyclic) bond motifs is 1. The van der Waals surface area contributed by atoms with Crippen molar-refractivity contribution in [3.8, 4) is 11.3 Å². The number of hydrogen-bond donors (Lipinski definition) is 6. The van der Waals surface area contributed by atoms with Gasteiger partial charge in [0.15, 0.2) is 5.82 Å². The first kappa shape index (κ1) is 49.6. The van der Waals surface area contributed by atoms with Gasteiger partial charge in [-0.15, -0.1) is 11.3 Å². The van der Waals surface area contributed by atoms with Crippen molar-refractivity contribution < 1.29 is 26.8 Å². The van der Waals surface area contributed by atoms with Gasteiger partial charge in [-0.2, -0.15) is 5.10 Å². The Morgan fingerprint density at radius 2 is 1.42 bits per heavy atom. The normalized spacial score (nSPS) is 14.8. The highest BCUT2D eigenvalue weighted by Crippen LogP contribution is 2.40. The minimum atomic E-state index is -0.942. The van der Waals surface area contributed by atoms with Gasteiger partial charge in [-0.25, -0.2) is 9.59 Å². The molecule has 0 fully saturated rings. The summed E-state index contributed by atoms with van der Waals surface area (Å²) in [5.74, 6) is 1.40. The number of nitrogens with one attached hydrogen (secondary N) is 6. The van der Waals surface area contributed by atoms with Crippen LogP contribution < -0.4 is 31.9 Å². The average molecular weight is 1100 g/mol. The molecule has 72 heavy (non-hydrogen) atoms. The lowest BCUT2D eigenvalue weighted by Gasteiger charge is -2.24. The van der Waals surface area contributed by atoms with E-state index < -0.39 is 32.6 Å². The Labute approximate surface area is 432 Å². The number of halogens is 1. The molecule has 4 heterocycles. The number of nitrogens with zero attached hydrogens (tertiary/aromatic N) is 3. The third-order valence-corrected chi connectivity index (χ3v) is 15.4. The minimum Gasteiger partial charge on any atom is -0.437 e. The molecular formula is C55H56IN9O6S. The van der Waals surface area contributed by atoms with Crippen molar-refractivity contribution >= 4 is 93.0 Å². The predicted octanol–water partition coefficient (Wildman–Crippen LogP) is 12.4. The lowest BCUT2D eigenvalue weighted by molar-refractivity contribution is -0.112. The van der Waals surface area contributed by atoms with Gasteiger partial charge >= 0.3 is 12.1 Å². The van der Waals surface area contributed by atoms with Gasteiger partial charge in [-0.1, -0.05) is 106 Å². The highest BCUT2D eigenvalue weighted by atomic mass is 127. The number of carbonyl (C=O) groups is 4. The first-order chi connectivity index (χ1) is 34.4. The molecule has 370 valence electrons. The van der Waals surface area contributed by atoms with Crippen molar-refractivity contribution in [3.05, 3.63) is 165 Å². The van der Waals surface area contributed by atoms with Gasteiger partial charge in [-0.05, 0) is 99.2 Å². The lowest BCUT2D eigenvalue weighted by Crippen LogP contribution is -2.32. The van der Waals surface area contributed by atoms with Gasteiger partial charge in [0, 0.05) is 68.8 Å². The second kappa shape index (κ2) is 20.8. The van der Waals surface area contributed by atoms with Crippen molar-refractivity contribution in [1.29, 1.82) is 0 Å². The highest BCUT2D eigenvalue weighted by molar-refractivity contribution is 14.2. The van der Waals surface area contributed by atoms with Crippen LogP contribution in [-0.2, 0) is 19.8 Å². The monoisotopic (exact) mass is 1100 g/mol. The molecule has 15 nitrogen and oxygen atoms in total. The van der Waals surface area contributed by atoms with Crippen LogP contribution in [0.3, 0.4) is 0 Å². The Hall–Kier alpha value is -7.38. The zero-order valence-electron chi connectivity index (χ0n) is 41.1. The number of benzene rings is 3. The second-order valence-corrected chi connectivity index (χ2v) is 22.7. The van der Waals surface area contributed by atoms with Crippen molar-refractivity contribution in [1.82, 2.24) is 30.9 Å². The number of aromatic nitrogens is 3. The third kappa shape index (κ3) is 11.7. The van der Waals surface area contributed by atoms with Crippen LogP contribution >= 0.6 is 32.5 Å². The fourth-order valence-electron chi connectivity index (χ4n) is 8.22. The SMILES string of the molecule is CC1=C(C(=O)Nc2ccc(NC(=O)NC3=IOC(C(C)(C)CCn4nc(-c5ccccc5)c5cc(C(=O)NC6=CC=C(NC(=O)Nc7cc(C(C)(C)C)on7)CC6)sc54)=C3)cc2)C=C(c2ccc(C)cc2)C1. The van der Waals surface area contributed by atoms with Crippen LogP contribution in [0.5, 0.6) is 0 Å². The van der Waals surface area contributed by atoms with Crippen molar-refractivity contribution in [2.75, 3.05) is 16.0 Å². The molecule has 6 amide bonds. The van der Waals surface area contributed by atoms with Crippen LogP contribution in [0.2, 0.25) is 0 Å². The number of hydrogen-bond acceptors (Lipinski definition) is 9. The summed E-state index contributed by atoms with van der Waals surface area (Å²) in [6.45, 7) is 14.8. The summed E-state index contributed by atoms with van der Waals surface area (Å²) < 4.78 is 14.3. The number of amides is 6. The number of thiophene rings is 1. The summed E-state index contributed by atoms with van der Waals surface area (Å²) in [6, 6.07) is 28.1. The maximum atomic E-state index is 13.8. The van der Waals surface area contributed by atoms with Crippen LogP contribution in [0.15, 0.2) is 148 Å². The van der Waals surface area contributed by atoms with E-state index in [9.17, 15) is 19.2 Å². The molecule has 6 N–H and O–H groups in total. The van der Waals surface area contributed by atoms with Gasteiger partial charge in [0.25, 0.3) is 11.8 Å². The number of allylic oxidation sites excluding steroid dienone is 7. The van der Waals surface area contributed by atoms with Crippen LogP contribution in [-0.4, -0.2) is 42.4 Å². The Bertz CT molecular complexity index is 3290. The summed E-state index contributed by atoms with van der Waals surface area (Å²) in [4.78, 5) is 54.3. The van der Waals surface area contributed by atoms with Crippen LogP contribution in [0.4, 0.5) is 26.8 Å². The van der Waals surface area contributed by atoms with E-state index in [1.807, 2.05) is 87.0 Å². The van der Waals surface area contributed by atoms with Gasteiger partial charge in [0.1, 0.15) is 46.8 Å². The molecule has 9 rings (SSSR count). The largest absolute Gasteiger partial charge is 0.437 e.